The molecule has 0 fully saturated rings. The quantitative estimate of drug-likeness (QED) is 0.0633. The molecule has 0 radical (unpaired) electrons. The summed E-state index contributed by atoms with van der Waals surface area (Å²) in [7, 11) is 0. The van der Waals surface area contributed by atoms with Crippen molar-refractivity contribution < 1.29 is 196 Å². The van der Waals surface area contributed by atoms with Gasteiger partial charge in [0.05, 0.1) is 139 Å². The van der Waals surface area contributed by atoms with Crippen molar-refractivity contribution in [1.29, 1.82) is 0 Å². The van der Waals surface area contributed by atoms with E-state index in [1.807, 2.05) is 0 Å². The molecule has 0 aromatic carbocycles. The van der Waals surface area contributed by atoms with Crippen molar-refractivity contribution >= 4 is 177 Å². The lowest BCUT2D eigenvalue weighted by Gasteiger charge is -1.89. The Morgan fingerprint density at radius 2 is 0.178 bits per heavy atom. The molecule has 129 heavy (non-hydrogen) atoms. The molecule has 0 aromatic heterocycles. The van der Waals surface area contributed by atoms with Crippen LogP contribution < -0.4 is 0 Å². The summed E-state index contributed by atoms with van der Waals surface area (Å²) < 4.78 is 87.3. The summed E-state index contributed by atoms with van der Waals surface area (Å²) in [4.78, 5) is 196. The first-order chi connectivity index (χ1) is 59.4. The van der Waals surface area contributed by atoms with Gasteiger partial charge in [-0.05, 0) is 138 Å². The zero-order valence-corrected chi connectivity index (χ0v) is 88.5. The highest BCUT2D eigenvalue weighted by Gasteiger charge is 1.92. The molecule has 0 amide bonds. The van der Waals surface area contributed by atoms with Crippen LogP contribution in [0.2, 0.25) is 0 Å². The van der Waals surface area contributed by atoms with Crippen LogP contribution in [0.3, 0.4) is 0 Å². The number of ether oxygens (including phenoxy) is 20. The van der Waals surface area contributed by atoms with Gasteiger partial charge < -0.3 is 99.8 Å². The van der Waals surface area contributed by atoms with Gasteiger partial charge in [0.25, 0.3) is 0 Å². The maximum Gasteiger partial charge on any atom is 0.302 e. The van der Waals surface area contributed by atoms with Gasteiger partial charge in [0.2, 0.25) is 0 Å². The third-order valence-electron chi connectivity index (χ3n) is 7.09. The number of carbonyl (C=O) groups excluding carboxylic acids is 20. The molecule has 41 nitrogen and oxygen atoms in total. The third kappa shape index (κ3) is 581. The lowest BCUT2D eigenvalue weighted by Crippen LogP contribution is -1.95. The number of carbonyl (C=O) groups is 20. The number of aliphatic hydroxyl groups excluding tert-OH is 1. The van der Waals surface area contributed by atoms with Gasteiger partial charge in [-0.1, -0.05) is 34.8 Å². The Bertz CT molecular complexity index is 1830. The number of hydrogen-bond donors (Lipinski definition) is 1. The van der Waals surface area contributed by atoms with Crippen LogP contribution in [-0.4, -0.2) is 272 Å². The fourth-order valence-corrected chi connectivity index (χ4v) is 4.07. The van der Waals surface area contributed by atoms with E-state index in [0.29, 0.717) is 132 Å². The van der Waals surface area contributed by atoms with E-state index in [4.69, 9.17) is 63.1 Å². The first kappa shape index (κ1) is 177. The van der Waals surface area contributed by atoms with Crippen LogP contribution >= 0.6 is 58.0 Å². The predicted molar refractivity (Wildman–Crippen MR) is 490 cm³/mol. The highest BCUT2D eigenvalue weighted by molar-refractivity contribution is 6.63. The van der Waals surface area contributed by atoms with Gasteiger partial charge >= 0.3 is 119 Å². The number of hydrogen-bond acceptors (Lipinski definition) is 41. The second kappa shape index (κ2) is 172. The van der Waals surface area contributed by atoms with E-state index >= 15 is 0 Å². The molecule has 0 heterocycles. The van der Waals surface area contributed by atoms with Gasteiger partial charge in [-0.2, -0.15) is 0 Å². The first-order valence-electron chi connectivity index (χ1n) is 39.9. The van der Waals surface area contributed by atoms with Crippen molar-refractivity contribution in [2.75, 3.05) is 139 Å². The highest BCUT2D eigenvalue weighted by atomic mass is 35.6. The molecule has 0 atom stereocenters. The minimum Gasteiger partial charge on any atom is -0.466 e. The topological polar surface area (TPSA) is 546 Å². The Morgan fingerprint density at radius 1 is 0.147 bits per heavy atom. The Morgan fingerprint density at radius 3 is 0.178 bits per heavy atom. The molecule has 0 aliphatic heterocycles. The minimum absolute atomic E-state index is 0.164. The minimum atomic E-state index is -0.750. The maximum absolute atomic E-state index is 9.82. The summed E-state index contributed by atoms with van der Waals surface area (Å²) in [6.45, 7) is 72.9. The molecule has 0 aromatic rings. The van der Waals surface area contributed by atoms with Gasteiger partial charge in [0.15, 0.2) is 4.30 Å². The Hall–Kier alpha value is -9.19. The molecular weight excluding hydrogens is 1830 g/mol. The van der Waals surface area contributed by atoms with E-state index in [1.54, 1.807) is 138 Å². The Balaban J connectivity index is -0.0000000465. The van der Waals surface area contributed by atoms with Crippen molar-refractivity contribution in [2.45, 2.75) is 286 Å². The van der Waals surface area contributed by atoms with E-state index in [1.165, 1.54) is 138 Å². The molecular formula is C83H165Cl5O41. The van der Waals surface area contributed by atoms with Gasteiger partial charge in [0, 0.05) is 138 Å². The summed E-state index contributed by atoms with van der Waals surface area (Å²) in [5, 5.41) is 7.88. The maximum atomic E-state index is 9.82. The lowest BCUT2D eigenvalue weighted by molar-refractivity contribution is -0.141. The zero-order chi connectivity index (χ0) is 108. The third-order valence-corrected chi connectivity index (χ3v) is 7.37. The van der Waals surface area contributed by atoms with Crippen LogP contribution in [0.4, 0.5) is 0 Å². The van der Waals surface area contributed by atoms with Crippen molar-refractivity contribution in [3.05, 3.63) is 0 Å². The van der Waals surface area contributed by atoms with Crippen LogP contribution in [0, 0.1) is 0 Å². The molecule has 46 heteroatoms. The van der Waals surface area contributed by atoms with E-state index in [9.17, 15) is 95.9 Å². The summed E-state index contributed by atoms with van der Waals surface area (Å²) >= 11 is 24.4. The van der Waals surface area contributed by atoms with E-state index < -0.39 is 9.13 Å². The highest BCUT2D eigenvalue weighted by Crippen LogP contribution is 2.03. The van der Waals surface area contributed by atoms with Crippen LogP contribution in [0.25, 0.3) is 0 Å². The molecule has 0 rings (SSSR count). The summed E-state index contributed by atoms with van der Waals surface area (Å²) in [6, 6.07) is 0. The summed E-state index contributed by atoms with van der Waals surface area (Å²) in [6.07, 6.45) is 0. The lowest BCUT2D eigenvalue weighted by atomic mass is 10.8. The second-order valence-electron chi connectivity index (χ2n) is 19.3. The van der Waals surface area contributed by atoms with Gasteiger partial charge in [0.1, 0.15) is 4.84 Å². The molecule has 0 aliphatic carbocycles. The van der Waals surface area contributed by atoms with Gasteiger partial charge in [-0.15, -0.1) is 23.2 Å². The molecule has 0 bridgehead atoms. The fourth-order valence-electron chi connectivity index (χ4n) is 4.07. The zero-order valence-electron chi connectivity index (χ0n) is 84.7. The molecule has 778 valence electrons. The van der Waals surface area contributed by atoms with Crippen molar-refractivity contribution in [2.24, 2.45) is 0 Å². The summed E-state index contributed by atoms with van der Waals surface area (Å²) in [5.74, 6) is -4.21. The first-order valence-corrected chi connectivity index (χ1v) is 42.1. The molecule has 0 saturated heterocycles. The van der Waals surface area contributed by atoms with Gasteiger partial charge in [-0.25, -0.2) is 0 Å². The van der Waals surface area contributed by atoms with Crippen LogP contribution in [0.1, 0.15) is 277 Å². The standard InChI is InChI=1S/20C4H8O2.C2H4Cl2O.CHCl3/c20*1-3-6-4(2)5;3-2(4)1-5;2-1(3)4/h20*3H2,1-2H3;2,5H,1H2;1H. The van der Waals surface area contributed by atoms with Gasteiger partial charge in [-0.3, -0.25) is 95.9 Å². The number of aliphatic hydroxyl groups is 1. The molecule has 0 saturated carbocycles. The largest absolute Gasteiger partial charge is 0.466 e. The van der Waals surface area contributed by atoms with Crippen LogP contribution in [0.15, 0.2) is 0 Å². The second-order valence-corrected chi connectivity index (χ2v) is 22.6. The normalized spacial score (nSPS) is 7.78. The molecule has 1 N–H and O–H groups in total. The van der Waals surface area contributed by atoms with E-state index in [-0.39, 0.29) is 126 Å². The predicted octanol–water partition coefficient (Wildman–Crippen LogP) is 14.2. The molecule has 0 spiro atoms. The smallest absolute Gasteiger partial charge is 0.302 e. The number of alkyl halides is 5. The molecule has 0 unspecified atom stereocenters. The average Bonchev–Trinajstić information content (AvgIpc) is 1.26. The van der Waals surface area contributed by atoms with Crippen molar-refractivity contribution in [1.82, 2.24) is 0 Å². The number of esters is 20. The molecule has 0 aliphatic rings. The van der Waals surface area contributed by atoms with Crippen molar-refractivity contribution in [3.63, 3.8) is 0 Å². The summed E-state index contributed by atoms with van der Waals surface area (Å²) in [5.41, 5.74) is 0. The Kier molecular flexibility index (Phi) is 236. The monoisotopic (exact) mass is 1990 g/mol. The van der Waals surface area contributed by atoms with Crippen LogP contribution in [0.5, 0.6) is 0 Å². The number of halogens is 5. The van der Waals surface area contributed by atoms with Crippen LogP contribution in [-0.2, 0) is 191 Å². The van der Waals surface area contributed by atoms with E-state index in [0.717, 1.165) is 0 Å². The van der Waals surface area contributed by atoms with Crippen molar-refractivity contribution in [3.8, 4) is 0 Å². The SMILES string of the molecule is CCOC(C)=O.CCOC(C)=O.CCOC(C)=O.CCOC(C)=O.CCOC(C)=O.CCOC(C)=O.CCOC(C)=O.CCOC(C)=O.CCOC(C)=O.CCOC(C)=O.CCOC(C)=O.CCOC(C)=O.CCOC(C)=O.CCOC(C)=O.CCOC(C)=O.CCOC(C)=O.CCOC(C)=O.CCOC(C)=O.CCOC(C)=O.CCOC(C)=O.ClC(Cl)Cl.OCC(Cl)Cl. The average molecular weight is 2000 g/mol. The fraction of sp³-hybridized carbons (Fsp3) is 0.759. The van der Waals surface area contributed by atoms with E-state index in [2.05, 4.69) is 94.7 Å². The Labute approximate surface area is 794 Å². The number of rotatable bonds is 21.